The van der Waals surface area contributed by atoms with Gasteiger partial charge in [-0.05, 0) is 43.4 Å². The van der Waals surface area contributed by atoms with E-state index in [0.29, 0.717) is 24.5 Å². The second-order valence-electron chi connectivity index (χ2n) is 11.3. The molecule has 6 atom stereocenters. The first-order valence-electron chi connectivity index (χ1n) is 13.6. The molecule has 0 amide bonds. The van der Waals surface area contributed by atoms with E-state index in [-0.39, 0.29) is 0 Å². The van der Waals surface area contributed by atoms with E-state index in [2.05, 4.69) is 32.9 Å². The van der Waals surface area contributed by atoms with Gasteiger partial charge in [-0.1, -0.05) is 51.9 Å². The fourth-order valence-corrected chi connectivity index (χ4v) is 7.17. The number of morpholine rings is 1. The highest BCUT2D eigenvalue weighted by Gasteiger charge is 2.39. The van der Waals surface area contributed by atoms with Gasteiger partial charge in [0.15, 0.2) is 0 Å². The van der Waals surface area contributed by atoms with Crippen molar-refractivity contribution in [1.29, 1.82) is 0 Å². The molecule has 3 heterocycles. The third kappa shape index (κ3) is 5.82. The number of hydrogen-bond donors (Lipinski definition) is 3. The van der Waals surface area contributed by atoms with Crippen LogP contribution < -0.4 is 16.1 Å². The summed E-state index contributed by atoms with van der Waals surface area (Å²) in [5.74, 6) is 2.69. The molecule has 178 valence electrons. The number of ether oxygens (including phenoxy) is 1. The Kier molecular flexibility index (Phi) is 7.85. The van der Waals surface area contributed by atoms with Gasteiger partial charge in [0.25, 0.3) is 0 Å². The fraction of sp³-hybridized carbons (Fsp3) is 1.00. The van der Waals surface area contributed by atoms with Gasteiger partial charge in [0.05, 0.1) is 31.7 Å². The summed E-state index contributed by atoms with van der Waals surface area (Å²) < 4.78 is 5.65. The molecular weight excluding hydrogens is 386 g/mol. The van der Waals surface area contributed by atoms with Gasteiger partial charge in [-0.25, -0.2) is 5.01 Å². The monoisotopic (exact) mass is 433 g/mol. The minimum absolute atomic E-state index is 0.435. The van der Waals surface area contributed by atoms with Crippen LogP contribution in [0.2, 0.25) is 0 Å². The molecule has 0 radical (unpaired) electrons. The fourth-order valence-electron chi connectivity index (χ4n) is 7.17. The van der Waals surface area contributed by atoms with Crippen LogP contribution in [-0.4, -0.2) is 67.3 Å². The maximum absolute atomic E-state index is 5.65. The first-order chi connectivity index (χ1) is 15.2. The Morgan fingerprint density at radius 1 is 0.806 bits per heavy atom. The average Bonchev–Trinajstić information content (AvgIpc) is 3.31. The van der Waals surface area contributed by atoms with Crippen LogP contribution in [0.15, 0.2) is 0 Å². The van der Waals surface area contributed by atoms with Crippen molar-refractivity contribution in [3.05, 3.63) is 0 Å². The maximum Gasteiger partial charge on any atom is 0.0772 e. The van der Waals surface area contributed by atoms with E-state index in [0.717, 1.165) is 50.5 Å². The Morgan fingerprint density at radius 2 is 1.61 bits per heavy atom. The molecule has 0 aromatic rings. The van der Waals surface area contributed by atoms with Crippen LogP contribution in [0.3, 0.4) is 0 Å². The van der Waals surface area contributed by atoms with Gasteiger partial charge in [-0.3, -0.25) is 21.0 Å². The molecule has 31 heavy (non-hydrogen) atoms. The van der Waals surface area contributed by atoms with E-state index in [1.54, 1.807) is 0 Å². The van der Waals surface area contributed by atoms with Crippen molar-refractivity contribution in [2.75, 3.05) is 32.8 Å². The Morgan fingerprint density at radius 3 is 2.42 bits per heavy atom. The number of hydrogen-bond acceptors (Lipinski definition) is 6. The molecule has 6 nitrogen and oxygen atoms in total. The summed E-state index contributed by atoms with van der Waals surface area (Å²) in [5, 5.41) is 10.6. The Bertz CT molecular complexity index is 550. The SMILES string of the molecule is CC1CCCC(C2CCN(C3CC(N4CCOCC4)NC(CC4CCCCC4)N3)N2)C1. The second kappa shape index (κ2) is 10.8. The second-order valence-corrected chi connectivity index (χ2v) is 11.3. The lowest BCUT2D eigenvalue weighted by Crippen LogP contribution is -2.68. The summed E-state index contributed by atoms with van der Waals surface area (Å²) in [6.07, 6.45) is 18.0. The van der Waals surface area contributed by atoms with Crippen molar-refractivity contribution in [2.45, 2.75) is 109 Å². The third-order valence-corrected chi connectivity index (χ3v) is 8.95. The maximum atomic E-state index is 5.65. The lowest BCUT2D eigenvalue weighted by Gasteiger charge is -2.47. The van der Waals surface area contributed by atoms with Crippen molar-refractivity contribution < 1.29 is 4.74 Å². The first-order valence-corrected chi connectivity index (χ1v) is 13.6. The van der Waals surface area contributed by atoms with Crippen molar-refractivity contribution in [3.8, 4) is 0 Å². The highest BCUT2D eigenvalue weighted by Crippen LogP contribution is 2.34. The van der Waals surface area contributed by atoms with Gasteiger partial charge >= 0.3 is 0 Å². The zero-order valence-electron chi connectivity index (χ0n) is 19.9. The van der Waals surface area contributed by atoms with Gasteiger partial charge in [0.1, 0.15) is 0 Å². The van der Waals surface area contributed by atoms with E-state index in [1.807, 2.05) is 0 Å². The highest BCUT2D eigenvalue weighted by molar-refractivity contribution is 4.92. The summed E-state index contributed by atoms with van der Waals surface area (Å²) >= 11 is 0. The van der Waals surface area contributed by atoms with Crippen LogP contribution in [-0.2, 0) is 4.74 Å². The summed E-state index contributed by atoms with van der Waals surface area (Å²) in [7, 11) is 0. The zero-order valence-corrected chi connectivity index (χ0v) is 19.9. The number of hydrazine groups is 1. The van der Waals surface area contributed by atoms with Crippen molar-refractivity contribution in [3.63, 3.8) is 0 Å². The van der Waals surface area contributed by atoms with E-state index in [4.69, 9.17) is 4.74 Å². The highest BCUT2D eigenvalue weighted by atomic mass is 16.5. The number of nitrogens with one attached hydrogen (secondary N) is 3. The van der Waals surface area contributed by atoms with Gasteiger partial charge in [0, 0.05) is 32.1 Å². The molecule has 0 bridgehead atoms. The number of rotatable bonds is 5. The molecule has 5 rings (SSSR count). The van der Waals surface area contributed by atoms with Gasteiger partial charge in [-0.2, -0.15) is 0 Å². The van der Waals surface area contributed by atoms with Crippen LogP contribution in [0, 0.1) is 17.8 Å². The van der Waals surface area contributed by atoms with E-state index >= 15 is 0 Å². The van der Waals surface area contributed by atoms with Crippen molar-refractivity contribution >= 4 is 0 Å². The van der Waals surface area contributed by atoms with Gasteiger partial charge < -0.3 is 4.74 Å². The van der Waals surface area contributed by atoms with Crippen LogP contribution in [0.1, 0.15) is 84.0 Å². The predicted molar refractivity (Wildman–Crippen MR) is 125 cm³/mol. The lowest BCUT2D eigenvalue weighted by atomic mass is 9.78. The van der Waals surface area contributed by atoms with Crippen LogP contribution in [0.5, 0.6) is 0 Å². The minimum atomic E-state index is 0.435. The van der Waals surface area contributed by atoms with Crippen molar-refractivity contribution in [2.24, 2.45) is 17.8 Å². The summed E-state index contributed by atoms with van der Waals surface area (Å²) in [6.45, 7) is 7.54. The standard InChI is InChI=1S/C25H47N5O/c1-19-6-5-9-21(16-19)22-10-11-30(28-22)25-18-24(29-12-14-31-15-13-29)26-23(27-25)17-20-7-3-2-4-8-20/h19-28H,2-18H2,1H3. The Hall–Kier alpha value is -0.240. The van der Waals surface area contributed by atoms with E-state index < -0.39 is 0 Å². The summed E-state index contributed by atoms with van der Waals surface area (Å²) in [6, 6.07) is 0.693. The molecule has 2 saturated carbocycles. The van der Waals surface area contributed by atoms with Gasteiger partial charge in [-0.15, -0.1) is 0 Å². The Labute approximate surface area is 190 Å². The molecule has 3 N–H and O–H groups in total. The molecule has 5 fully saturated rings. The normalized spacial score (nSPS) is 42.1. The van der Waals surface area contributed by atoms with Crippen LogP contribution in [0.4, 0.5) is 0 Å². The molecule has 6 unspecified atom stereocenters. The largest absolute Gasteiger partial charge is 0.379 e. The van der Waals surface area contributed by atoms with Crippen LogP contribution >= 0.6 is 0 Å². The smallest absolute Gasteiger partial charge is 0.0772 e. The van der Waals surface area contributed by atoms with E-state index in [9.17, 15) is 0 Å². The molecular formula is C25H47N5O. The first kappa shape index (κ1) is 22.5. The van der Waals surface area contributed by atoms with E-state index in [1.165, 1.54) is 77.2 Å². The number of nitrogens with zero attached hydrogens (tertiary/aromatic N) is 2. The molecule has 3 saturated heterocycles. The molecule has 5 aliphatic rings. The molecule has 6 heteroatoms. The van der Waals surface area contributed by atoms with Crippen molar-refractivity contribution in [1.82, 2.24) is 26.0 Å². The predicted octanol–water partition coefficient (Wildman–Crippen LogP) is 3.26. The zero-order chi connectivity index (χ0) is 21.0. The summed E-state index contributed by atoms with van der Waals surface area (Å²) in [5.41, 5.74) is 4.00. The lowest BCUT2D eigenvalue weighted by molar-refractivity contribution is -0.0334. The molecule has 0 spiro atoms. The van der Waals surface area contributed by atoms with Gasteiger partial charge in [0.2, 0.25) is 0 Å². The minimum Gasteiger partial charge on any atom is -0.379 e. The molecule has 2 aliphatic carbocycles. The summed E-state index contributed by atoms with van der Waals surface area (Å²) in [4.78, 5) is 2.64. The molecule has 0 aromatic carbocycles. The van der Waals surface area contributed by atoms with Crippen LogP contribution in [0.25, 0.3) is 0 Å². The molecule has 3 aliphatic heterocycles. The average molecular weight is 434 g/mol. The quantitative estimate of drug-likeness (QED) is 0.619. The third-order valence-electron chi connectivity index (χ3n) is 8.95. The topological polar surface area (TPSA) is 51.8 Å². The molecule has 0 aromatic heterocycles. The Balaban J connectivity index is 1.21.